The van der Waals surface area contributed by atoms with E-state index in [0.29, 0.717) is 11.4 Å². The molecule has 29 heavy (non-hydrogen) atoms. The molecule has 4 rings (SSSR count). The van der Waals surface area contributed by atoms with Gasteiger partial charge in [-0.15, -0.1) is 4.90 Å². The smallest absolute Gasteiger partial charge is 0.530 e. The van der Waals surface area contributed by atoms with Gasteiger partial charge in [0.2, 0.25) is 6.02 Å². The minimum atomic E-state index is -0.612. The number of anilines is 2. The fourth-order valence-electron chi connectivity index (χ4n) is 3.22. The number of benzene rings is 3. The van der Waals surface area contributed by atoms with Crippen molar-refractivity contribution in [3.8, 4) is 0 Å². The number of para-hydroxylation sites is 1. The molecule has 2 amide bonds. The van der Waals surface area contributed by atoms with Crippen LogP contribution in [0.2, 0.25) is 0 Å². The Bertz CT molecular complexity index is 1090. The Labute approximate surface area is 169 Å². The zero-order valence-corrected chi connectivity index (χ0v) is 16.2. The summed E-state index contributed by atoms with van der Waals surface area (Å²) in [6.07, 6.45) is 0. The van der Waals surface area contributed by atoms with Crippen LogP contribution in [0.25, 0.3) is 0 Å². The third kappa shape index (κ3) is 3.48. The highest BCUT2D eigenvalue weighted by molar-refractivity contribution is 6.17. The van der Waals surface area contributed by atoms with Gasteiger partial charge in [0, 0.05) is 30.9 Å². The molecule has 0 saturated carbocycles. The molecule has 0 fully saturated rings. The molecule has 6 nitrogen and oxygen atoms in total. The molecule has 0 radical (unpaired) electrons. The molecule has 0 aromatic heterocycles. The van der Waals surface area contributed by atoms with E-state index in [1.165, 1.54) is 4.68 Å². The Morgan fingerprint density at radius 1 is 0.862 bits per heavy atom. The maximum Gasteiger partial charge on any atom is 0.530 e. The first kappa shape index (κ1) is 18.4. The highest BCUT2D eigenvalue weighted by Gasteiger charge is 2.39. The molecule has 3 aromatic carbocycles. The summed E-state index contributed by atoms with van der Waals surface area (Å²) in [7, 11) is 3.93. The average molecular weight is 384 g/mol. The lowest BCUT2D eigenvalue weighted by Gasteiger charge is -2.13. The highest BCUT2D eigenvalue weighted by atomic mass is 16.3. The van der Waals surface area contributed by atoms with Crippen LogP contribution in [0.4, 0.5) is 16.2 Å². The topological polar surface area (TPSA) is 62.0 Å². The first-order valence-corrected chi connectivity index (χ1v) is 9.21. The second-order valence-electron chi connectivity index (χ2n) is 6.80. The maximum atomic E-state index is 13.2. The van der Waals surface area contributed by atoms with E-state index in [0.717, 1.165) is 21.7 Å². The van der Waals surface area contributed by atoms with Gasteiger partial charge in [-0.2, -0.15) is 4.79 Å². The molecule has 0 spiro atoms. The predicted molar refractivity (Wildman–Crippen MR) is 112 cm³/mol. The lowest BCUT2D eigenvalue weighted by Crippen LogP contribution is -2.40. The van der Waals surface area contributed by atoms with Crippen LogP contribution in [0.15, 0.2) is 90.0 Å². The second kappa shape index (κ2) is 7.59. The number of urea groups is 1. The monoisotopic (exact) mass is 384 g/mol. The molecule has 0 aliphatic carbocycles. The number of amides is 2. The van der Waals surface area contributed by atoms with Gasteiger partial charge in [-0.25, -0.2) is 0 Å². The van der Waals surface area contributed by atoms with Crippen LogP contribution in [0.3, 0.4) is 0 Å². The third-order valence-corrected chi connectivity index (χ3v) is 4.68. The van der Waals surface area contributed by atoms with Crippen LogP contribution in [-0.2, 0) is 0 Å². The second-order valence-corrected chi connectivity index (χ2v) is 6.80. The van der Waals surface area contributed by atoms with Gasteiger partial charge in [-0.3, -0.25) is 0 Å². The Hall–Kier alpha value is -3.93. The largest absolute Gasteiger partial charge is 0.824 e. The van der Waals surface area contributed by atoms with Crippen molar-refractivity contribution in [1.29, 1.82) is 0 Å². The minimum absolute atomic E-state index is 0.490. The first-order valence-electron chi connectivity index (χ1n) is 9.21. The Balaban J connectivity index is 1.87. The molecule has 1 heterocycles. The summed E-state index contributed by atoms with van der Waals surface area (Å²) in [5.74, 6) is 0. The summed E-state index contributed by atoms with van der Waals surface area (Å²) < 4.78 is 1.19. The standard InChI is InChI=1S/C23H20N4O2/c1-25(2)19-15-13-18(14-16-19)21(17-9-5-3-6-10-17)27-23(29)26(22(28)24-27)20-11-7-4-8-12-20/h3-16H,1-2H3. The van der Waals surface area contributed by atoms with Gasteiger partial charge >= 0.3 is 6.03 Å². The fourth-order valence-corrected chi connectivity index (χ4v) is 3.22. The first-order chi connectivity index (χ1) is 14.1. The average Bonchev–Trinajstić information content (AvgIpc) is 3.04. The minimum Gasteiger partial charge on any atom is -0.824 e. The van der Waals surface area contributed by atoms with Gasteiger partial charge in [0.25, 0.3) is 0 Å². The Kier molecular flexibility index (Phi) is 4.83. The zero-order chi connectivity index (χ0) is 20.4. The van der Waals surface area contributed by atoms with Crippen LogP contribution in [0.5, 0.6) is 0 Å². The van der Waals surface area contributed by atoms with Gasteiger partial charge in [0.1, 0.15) is 5.69 Å². The Morgan fingerprint density at radius 2 is 1.41 bits per heavy atom. The van der Waals surface area contributed by atoms with Gasteiger partial charge < -0.3 is 10.0 Å². The van der Waals surface area contributed by atoms with Gasteiger partial charge in [0.05, 0.1) is 0 Å². The maximum absolute atomic E-state index is 13.2. The molecule has 0 atom stereocenters. The van der Waals surface area contributed by atoms with E-state index in [2.05, 4.69) is 5.10 Å². The van der Waals surface area contributed by atoms with Crippen molar-refractivity contribution in [1.82, 2.24) is 0 Å². The molecule has 0 unspecified atom stereocenters. The molecule has 144 valence electrons. The molecule has 0 bridgehead atoms. The number of carbonyl (C=O) groups excluding carboxylic acids is 1. The summed E-state index contributed by atoms with van der Waals surface area (Å²) in [5.41, 5.74) is 3.68. The molecule has 6 heteroatoms. The van der Waals surface area contributed by atoms with E-state index in [-0.39, 0.29) is 0 Å². The normalized spacial score (nSPS) is 15.3. The van der Waals surface area contributed by atoms with Crippen molar-refractivity contribution in [3.63, 3.8) is 0 Å². The van der Waals surface area contributed by atoms with Crippen LogP contribution in [-0.4, -0.2) is 36.5 Å². The van der Waals surface area contributed by atoms with E-state index < -0.39 is 12.1 Å². The number of rotatable bonds is 4. The van der Waals surface area contributed by atoms with Crippen LogP contribution in [0.1, 0.15) is 11.1 Å². The quantitative estimate of drug-likeness (QED) is 0.650. The highest BCUT2D eigenvalue weighted by Crippen LogP contribution is 2.22. The van der Waals surface area contributed by atoms with Crippen molar-refractivity contribution in [2.75, 3.05) is 23.9 Å². The summed E-state index contributed by atoms with van der Waals surface area (Å²) in [6.45, 7) is 0. The van der Waals surface area contributed by atoms with E-state index in [1.54, 1.807) is 24.3 Å². The number of nitrogens with zero attached hydrogens (tertiary/aromatic N) is 4. The van der Waals surface area contributed by atoms with E-state index in [9.17, 15) is 9.90 Å². The van der Waals surface area contributed by atoms with Crippen molar-refractivity contribution in [3.05, 3.63) is 96.1 Å². The van der Waals surface area contributed by atoms with Crippen molar-refractivity contribution in [2.45, 2.75) is 0 Å². The fraction of sp³-hybridized carbons (Fsp3) is 0.0870. The number of hydrogen-bond acceptors (Lipinski definition) is 4. The molecule has 3 aromatic rings. The van der Waals surface area contributed by atoms with Crippen molar-refractivity contribution >= 4 is 29.1 Å². The van der Waals surface area contributed by atoms with Crippen molar-refractivity contribution in [2.24, 2.45) is 5.10 Å². The molecular weight excluding hydrogens is 364 g/mol. The number of hydrazone groups is 1. The zero-order valence-electron chi connectivity index (χ0n) is 16.2. The van der Waals surface area contributed by atoms with Crippen LogP contribution < -0.4 is 14.9 Å². The van der Waals surface area contributed by atoms with Gasteiger partial charge in [-0.1, -0.05) is 53.2 Å². The summed E-state index contributed by atoms with van der Waals surface area (Å²) in [5, 5.41) is 16.6. The molecule has 1 aliphatic heterocycles. The van der Waals surface area contributed by atoms with Crippen molar-refractivity contribution < 1.29 is 14.6 Å². The lowest BCUT2D eigenvalue weighted by atomic mass is 10.0. The molecule has 1 aliphatic rings. The molecule has 0 saturated heterocycles. The van der Waals surface area contributed by atoms with Crippen LogP contribution in [0, 0.1) is 0 Å². The predicted octanol–water partition coefficient (Wildman–Crippen LogP) is 2.87. The molecular formula is C23H20N4O2. The SMILES string of the molecule is CN(C)c1ccc(/C(c2ccccc2)=[N+]2\N=C([O-])N(c3ccccc3)C2=O)cc1. The van der Waals surface area contributed by atoms with Gasteiger partial charge in [-0.05, 0) is 41.5 Å². The summed E-state index contributed by atoms with van der Waals surface area (Å²) >= 11 is 0. The van der Waals surface area contributed by atoms with Gasteiger partial charge in [0.15, 0.2) is 5.71 Å². The van der Waals surface area contributed by atoms with E-state index in [1.807, 2.05) is 79.7 Å². The van der Waals surface area contributed by atoms with E-state index >= 15 is 0 Å². The number of amidine groups is 1. The summed E-state index contributed by atoms with van der Waals surface area (Å²) in [4.78, 5) is 16.3. The van der Waals surface area contributed by atoms with E-state index in [4.69, 9.17) is 0 Å². The number of hydrogen-bond donors (Lipinski definition) is 0. The third-order valence-electron chi connectivity index (χ3n) is 4.68. The lowest BCUT2D eigenvalue weighted by molar-refractivity contribution is -0.427. The summed E-state index contributed by atoms with van der Waals surface area (Å²) in [6, 6.07) is 25.0. The number of carbonyl (C=O) groups is 1. The molecule has 0 N–H and O–H groups in total. The van der Waals surface area contributed by atoms with Crippen LogP contribution >= 0.6 is 0 Å². The Morgan fingerprint density at radius 3 is 2.00 bits per heavy atom.